The number of aryl methyl sites for hydroxylation is 8. The van der Waals surface area contributed by atoms with Crippen LogP contribution >= 0.6 is 0 Å². The maximum absolute atomic E-state index is 4.44. The Morgan fingerprint density at radius 1 is 0.163 bits per heavy atom. The van der Waals surface area contributed by atoms with E-state index in [9.17, 15) is 0 Å². The van der Waals surface area contributed by atoms with E-state index < -0.39 is 0 Å². The fourth-order valence-electron chi connectivity index (χ4n) is 9.88. The Labute approximate surface area is 610 Å². The van der Waals surface area contributed by atoms with Gasteiger partial charge in [-0.25, -0.2) is 0 Å². The molecule has 0 fully saturated rings. The summed E-state index contributed by atoms with van der Waals surface area (Å²) in [5.74, 6) is 0. The van der Waals surface area contributed by atoms with E-state index >= 15 is 0 Å². The molecule has 0 saturated heterocycles. The van der Waals surface area contributed by atoms with Crippen LogP contribution in [0.5, 0.6) is 0 Å². The molecule has 0 unspecified atom stereocenters. The fraction of sp³-hybridized carbons (Fsp3) is 0.0889. The van der Waals surface area contributed by atoms with Gasteiger partial charge in [0.2, 0.25) is 0 Å². The molecule has 14 aromatic heterocycles. The Balaban J connectivity index is 0.000000138. The highest BCUT2D eigenvalue weighted by atomic mass is 14.8. The Morgan fingerprint density at radius 2 is 0.442 bits per heavy atom. The molecule has 0 aliphatic rings. The van der Waals surface area contributed by atoms with Gasteiger partial charge in [-0.15, -0.1) is 0 Å². The number of benzene rings is 2. The second-order valence-corrected chi connectivity index (χ2v) is 23.6. The number of hydrogen-bond acceptors (Lipinski definition) is 14. The molecular weight excluding hydrogens is 1280 g/mol. The van der Waals surface area contributed by atoms with Crippen LogP contribution in [0, 0.1) is 55.4 Å². The van der Waals surface area contributed by atoms with Gasteiger partial charge in [-0.05, 0) is 248 Å². The van der Waals surface area contributed by atoms with Gasteiger partial charge in [-0.2, -0.15) is 0 Å². The highest BCUT2D eigenvalue weighted by Gasteiger charge is 2.04. The van der Waals surface area contributed by atoms with Crippen LogP contribution in [-0.4, -0.2) is 69.8 Å². The molecule has 0 radical (unpaired) electrons. The van der Waals surface area contributed by atoms with Gasteiger partial charge in [0.15, 0.2) is 0 Å². The van der Waals surface area contributed by atoms with E-state index in [2.05, 4.69) is 133 Å². The molecule has 104 heavy (non-hydrogen) atoms. The van der Waals surface area contributed by atoms with Crippen molar-refractivity contribution in [3.63, 3.8) is 0 Å². The predicted octanol–water partition coefficient (Wildman–Crippen LogP) is 20.8. The average Bonchev–Trinajstić information content (AvgIpc) is 0.973. The van der Waals surface area contributed by atoms with Crippen LogP contribution in [0.2, 0.25) is 0 Å². The first kappa shape index (κ1) is 74.8. The Kier molecular flexibility index (Phi) is 29.6. The average molecular weight is 1360 g/mol. The van der Waals surface area contributed by atoms with Crippen molar-refractivity contribution in [2.45, 2.75) is 55.4 Å². The maximum atomic E-state index is 4.44. The summed E-state index contributed by atoms with van der Waals surface area (Å²) in [4.78, 5) is 59.2. The van der Waals surface area contributed by atoms with Gasteiger partial charge in [-0.3, -0.25) is 69.8 Å². The van der Waals surface area contributed by atoms with E-state index in [-0.39, 0.29) is 0 Å². The fourth-order valence-corrected chi connectivity index (χ4v) is 9.88. The summed E-state index contributed by atoms with van der Waals surface area (Å²) in [6, 6.07) is 88.0. The number of aromatic nitrogens is 14. The number of nitrogens with zero attached hydrogens (tertiary/aromatic N) is 14. The zero-order valence-corrected chi connectivity index (χ0v) is 59.7. The van der Waals surface area contributed by atoms with Gasteiger partial charge in [0.05, 0.1) is 56.9 Å². The molecule has 16 aromatic rings. The van der Waals surface area contributed by atoms with Gasteiger partial charge >= 0.3 is 0 Å². The Morgan fingerprint density at radius 3 is 0.808 bits per heavy atom. The second kappa shape index (κ2) is 41.2. The summed E-state index contributed by atoms with van der Waals surface area (Å²) in [5, 5.41) is 0. The van der Waals surface area contributed by atoms with E-state index in [0.717, 1.165) is 102 Å². The quantitative estimate of drug-likeness (QED) is 0.140. The molecule has 0 amide bonds. The third kappa shape index (κ3) is 25.7. The van der Waals surface area contributed by atoms with E-state index in [1.807, 2.05) is 290 Å². The van der Waals surface area contributed by atoms with Crippen LogP contribution in [0.4, 0.5) is 0 Å². The summed E-state index contributed by atoms with van der Waals surface area (Å²) >= 11 is 0. The molecule has 0 bridgehead atoms. The van der Waals surface area contributed by atoms with Crippen molar-refractivity contribution in [1.82, 2.24) is 69.8 Å². The third-order valence-electron chi connectivity index (χ3n) is 15.1. The standard InChI is InChI=1S/2C12H11N.6C11H10N2/c1-10-6-5-9-12(13-10)11-7-3-2-4-8-11;1-10-7-8-13-12(9-10)11-5-3-2-4-6-11;1-9-2-7-13-11(8-9)10-3-5-12-6-4-10;1-9-4-2-6-11(13-9)10-5-3-7-12-8-10;1-9-5-4-7-11(13-9)10-6-2-3-8-12-10;1-9-4-6-13-11(7-9)10-3-2-5-12-8-10;1-9-3-2-4-11(13-9)10-5-7-12-8-6-10;1-9-5-7-13-11(8-9)10-4-2-3-6-12-10/h2*2-9H,1H3;6*2-8H,1H3. The van der Waals surface area contributed by atoms with Gasteiger partial charge < -0.3 is 0 Å². The van der Waals surface area contributed by atoms with Crippen LogP contribution < -0.4 is 0 Å². The topological polar surface area (TPSA) is 180 Å². The van der Waals surface area contributed by atoms with Crippen LogP contribution in [0.25, 0.3) is 90.3 Å². The van der Waals surface area contributed by atoms with Crippen molar-refractivity contribution >= 4 is 0 Å². The largest absolute Gasteiger partial charge is 0.265 e. The SMILES string of the molecule is Cc1cccc(-c2ccccc2)n1.Cc1cccc(-c2ccccn2)n1.Cc1cccc(-c2cccnc2)n1.Cc1cccc(-c2ccncc2)n1.Cc1ccnc(-c2ccccc2)c1.Cc1ccnc(-c2ccccn2)c1.Cc1ccnc(-c2cccnc2)c1.Cc1ccnc(-c2ccncc2)c1. The summed E-state index contributed by atoms with van der Waals surface area (Å²) in [5.41, 5.74) is 25.5. The van der Waals surface area contributed by atoms with E-state index in [1.54, 1.807) is 55.8 Å². The lowest BCUT2D eigenvalue weighted by Gasteiger charge is -2.00. The van der Waals surface area contributed by atoms with Crippen molar-refractivity contribution in [1.29, 1.82) is 0 Å². The van der Waals surface area contributed by atoms with Crippen LogP contribution in [0.1, 0.15) is 45.0 Å². The number of hydrogen-bond donors (Lipinski definition) is 0. The molecule has 512 valence electrons. The zero-order chi connectivity index (χ0) is 72.8. The first-order valence-corrected chi connectivity index (χ1v) is 33.9. The van der Waals surface area contributed by atoms with Crippen molar-refractivity contribution in [3.8, 4) is 90.3 Å². The summed E-state index contributed by atoms with van der Waals surface area (Å²) in [7, 11) is 0. The summed E-state index contributed by atoms with van der Waals surface area (Å²) < 4.78 is 0. The van der Waals surface area contributed by atoms with E-state index in [0.29, 0.717) is 0 Å². The van der Waals surface area contributed by atoms with Crippen molar-refractivity contribution in [2.24, 2.45) is 0 Å². The molecule has 0 aliphatic carbocycles. The molecule has 0 spiro atoms. The highest BCUT2D eigenvalue weighted by molar-refractivity contribution is 5.63. The lowest BCUT2D eigenvalue weighted by molar-refractivity contribution is 1.18. The van der Waals surface area contributed by atoms with Gasteiger partial charge in [0.1, 0.15) is 0 Å². The molecule has 14 heteroatoms. The lowest BCUT2D eigenvalue weighted by Crippen LogP contribution is -1.87. The second-order valence-electron chi connectivity index (χ2n) is 23.6. The first-order valence-electron chi connectivity index (χ1n) is 33.9. The van der Waals surface area contributed by atoms with Crippen molar-refractivity contribution in [3.05, 3.63) is 399 Å². The predicted molar refractivity (Wildman–Crippen MR) is 422 cm³/mol. The Bertz CT molecular complexity index is 4130. The zero-order valence-electron chi connectivity index (χ0n) is 59.7. The normalized spacial score (nSPS) is 9.92. The molecule has 14 heterocycles. The van der Waals surface area contributed by atoms with E-state index in [1.165, 1.54) is 33.4 Å². The monoisotopic (exact) mass is 1360 g/mol. The van der Waals surface area contributed by atoms with Crippen LogP contribution in [-0.2, 0) is 0 Å². The molecule has 2 aromatic carbocycles. The smallest absolute Gasteiger partial charge is 0.0889 e. The molecule has 0 saturated carbocycles. The first-order chi connectivity index (χ1) is 50.9. The van der Waals surface area contributed by atoms with Crippen molar-refractivity contribution < 1.29 is 0 Å². The molecule has 16 rings (SSSR count). The molecule has 14 nitrogen and oxygen atoms in total. The highest BCUT2D eigenvalue weighted by Crippen LogP contribution is 2.22. The van der Waals surface area contributed by atoms with Gasteiger partial charge in [0.25, 0.3) is 0 Å². The number of rotatable bonds is 8. The minimum Gasteiger partial charge on any atom is -0.265 e. The van der Waals surface area contributed by atoms with Crippen molar-refractivity contribution in [2.75, 3.05) is 0 Å². The molecule has 0 atom stereocenters. The number of pyridine rings is 14. The molecular formula is C90H82N14. The lowest BCUT2D eigenvalue weighted by atomic mass is 10.1. The van der Waals surface area contributed by atoms with Gasteiger partial charge in [0, 0.05) is 143 Å². The van der Waals surface area contributed by atoms with E-state index in [4.69, 9.17) is 0 Å². The summed E-state index contributed by atoms with van der Waals surface area (Å²) in [6.45, 7) is 16.2. The Hall–Kier alpha value is -13.5. The van der Waals surface area contributed by atoms with Gasteiger partial charge in [-0.1, -0.05) is 97.1 Å². The van der Waals surface area contributed by atoms with Crippen LogP contribution in [0.15, 0.2) is 354 Å². The summed E-state index contributed by atoms with van der Waals surface area (Å²) in [6.07, 6.45) is 25.1. The van der Waals surface area contributed by atoms with Crippen LogP contribution in [0.3, 0.4) is 0 Å². The molecule has 0 N–H and O–H groups in total. The third-order valence-corrected chi connectivity index (χ3v) is 15.1. The maximum Gasteiger partial charge on any atom is 0.0889 e. The minimum atomic E-state index is 0.922. The minimum absolute atomic E-state index is 0.922. The molecule has 0 aliphatic heterocycles.